The number of nitrogens with one attached hydrogen (secondary N) is 3. The predicted molar refractivity (Wildman–Crippen MR) is 203 cm³/mol. The number of nitrogens with zero attached hydrogens (tertiary/aromatic N) is 3. The van der Waals surface area contributed by atoms with E-state index in [0.717, 1.165) is 54.3 Å². The largest absolute Gasteiger partial charge is 0.465 e. The van der Waals surface area contributed by atoms with E-state index >= 15 is 0 Å². The molecule has 0 radical (unpaired) electrons. The zero-order valence-corrected chi connectivity index (χ0v) is 29.6. The zero-order chi connectivity index (χ0) is 34.1. The number of likely N-dealkylation sites (N-methyl/N-ethyl adjacent to an activating group) is 1. The van der Waals surface area contributed by atoms with Crippen molar-refractivity contribution in [1.82, 2.24) is 19.8 Å². The third-order valence-corrected chi connectivity index (χ3v) is 11.3. The van der Waals surface area contributed by atoms with Gasteiger partial charge in [0.1, 0.15) is 11.4 Å². The highest BCUT2D eigenvalue weighted by Crippen LogP contribution is 2.49. The average molecular weight is 733 g/mol. The van der Waals surface area contributed by atoms with Crippen LogP contribution in [0, 0.1) is 6.92 Å². The number of halogens is 2. The number of aryl methyl sites for hydroxylation is 1. The summed E-state index contributed by atoms with van der Waals surface area (Å²) in [4.78, 5) is 51.6. The van der Waals surface area contributed by atoms with Crippen LogP contribution < -0.4 is 16.0 Å². The van der Waals surface area contributed by atoms with Crippen LogP contribution in [-0.4, -0.2) is 81.9 Å². The van der Waals surface area contributed by atoms with Gasteiger partial charge in [0.05, 0.1) is 6.04 Å². The van der Waals surface area contributed by atoms with Crippen molar-refractivity contribution < 1.29 is 19.5 Å². The van der Waals surface area contributed by atoms with Crippen LogP contribution in [0.3, 0.4) is 0 Å². The van der Waals surface area contributed by atoms with E-state index in [1.165, 1.54) is 4.90 Å². The highest BCUT2D eigenvalue weighted by atomic mass is 35.5. The molecule has 1 unspecified atom stereocenters. The van der Waals surface area contributed by atoms with E-state index in [9.17, 15) is 19.5 Å². The van der Waals surface area contributed by atoms with Gasteiger partial charge in [0.2, 0.25) is 0 Å². The normalized spacial score (nSPS) is 17.7. The van der Waals surface area contributed by atoms with Gasteiger partial charge in [0.15, 0.2) is 0 Å². The number of carbonyl (C=O) groups is 3. The molecule has 2 aliphatic rings. The first-order valence-corrected chi connectivity index (χ1v) is 17.4. The smallest absolute Gasteiger partial charge is 0.407 e. The Kier molecular flexibility index (Phi) is 8.67. The zero-order valence-electron chi connectivity index (χ0n) is 27.2. The number of alkyl halides is 1. The van der Waals surface area contributed by atoms with Gasteiger partial charge in [-0.2, -0.15) is 0 Å². The molecule has 0 saturated carbocycles. The summed E-state index contributed by atoms with van der Waals surface area (Å²) in [5, 5.41) is 17.9. The molecule has 14 heteroatoms. The average Bonchev–Trinajstić information content (AvgIpc) is 3.87. The molecule has 2 aliphatic heterocycles. The minimum Gasteiger partial charge on any atom is -0.465 e. The summed E-state index contributed by atoms with van der Waals surface area (Å²) in [5.41, 5.74) is 13.3. The Bertz CT molecular complexity index is 2330. The predicted octanol–water partition coefficient (Wildman–Crippen LogP) is 7.38. The molecule has 6 N–H and O–H groups in total. The van der Waals surface area contributed by atoms with Crippen LogP contribution in [0.4, 0.5) is 21.9 Å². The van der Waals surface area contributed by atoms with Gasteiger partial charge in [-0.25, -0.2) is 4.79 Å². The lowest BCUT2D eigenvalue weighted by Gasteiger charge is -2.39. The third kappa shape index (κ3) is 5.62. The first kappa shape index (κ1) is 33.7. The molecule has 50 heavy (non-hydrogen) atoms. The Balaban J connectivity index is 0.00000392. The Morgan fingerprint density at radius 3 is 2.48 bits per heavy atom. The van der Waals surface area contributed by atoms with Gasteiger partial charge >= 0.3 is 6.09 Å². The fraction of sp³-hybridized carbons (Fsp3) is 0.250. The Morgan fingerprint density at radius 2 is 1.72 bits per heavy atom. The van der Waals surface area contributed by atoms with Gasteiger partial charge in [-0.3, -0.25) is 14.5 Å². The maximum atomic E-state index is 14.3. The van der Waals surface area contributed by atoms with E-state index in [1.54, 1.807) is 40.5 Å². The molecule has 3 amide bonds. The topological polar surface area (TPSA) is 151 Å². The van der Waals surface area contributed by atoms with Crippen molar-refractivity contribution >= 4 is 102 Å². The molecule has 3 aromatic carbocycles. The number of amides is 3. The van der Waals surface area contributed by atoms with Crippen LogP contribution in [0.25, 0.3) is 31.9 Å². The summed E-state index contributed by atoms with van der Waals surface area (Å²) >= 11 is 8.18. The maximum absolute atomic E-state index is 14.3. The molecule has 1 fully saturated rings. The summed E-state index contributed by atoms with van der Waals surface area (Å²) in [7, 11) is 2.00. The number of anilines is 3. The Morgan fingerprint density at radius 1 is 1.00 bits per heavy atom. The molecular formula is C36H35Cl2N7O4S. The standard InChI is InChI=1S/C36H34ClN7O4S.ClH/c1-18-17-49-33-24(30-16-42(2)7-8-43(30)36(47)48)13-29-32(31(18)33)21(14-37)15-44(29)35(46)28-12-20-10-23(4-6-26(20)41-28)39-34(45)27-11-19-9-22(38)3-5-25(19)40-27;/h3-6,9-13,17,21,30,40-41H,7-8,14-16,38H2,1-2H3,(H,39,45)(H,47,48);1H/t21-,30?;/m0./s1. The highest BCUT2D eigenvalue weighted by Gasteiger charge is 2.39. The number of rotatable bonds is 5. The number of hydrogen-bond acceptors (Lipinski definition) is 6. The summed E-state index contributed by atoms with van der Waals surface area (Å²) < 4.78 is 1.05. The fourth-order valence-corrected chi connectivity index (χ4v) is 8.76. The molecule has 258 valence electrons. The number of nitrogens with two attached hydrogens (primary N) is 1. The Hall–Kier alpha value is -4.75. The highest BCUT2D eigenvalue weighted by molar-refractivity contribution is 7.17. The molecule has 0 spiro atoms. The van der Waals surface area contributed by atoms with Gasteiger partial charge in [-0.1, -0.05) is 0 Å². The number of benzene rings is 3. The minimum absolute atomic E-state index is 0. The van der Waals surface area contributed by atoms with Crippen molar-refractivity contribution in [3.8, 4) is 0 Å². The van der Waals surface area contributed by atoms with Crippen molar-refractivity contribution in [2.75, 3.05) is 55.1 Å². The fourth-order valence-electron chi connectivity index (χ4n) is 7.38. The van der Waals surface area contributed by atoms with Crippen molar-refractivity contribution in [3.63, 3.8) is 0 Å². The van der Waals surface area contributed by atoms with Gasteiger partial charge < -0.3 is 35.9 Å². The quantitative estimate of drug-likeness (QED) is 0.0923. The van der Waals surface area contributed by atoms with Crippen LogP contribution in [-0.2, 0) is 0 Å². The van der Waals surface area contributed by atoms with Gasteiger partial charge in [0.25, 0.3) is 11.8 Å². The van der Waals surface area contributed by atoms with Crippen LogP contribution in [0.1, 0.15) is 49.6 Å². The number of hydrogen-bond donors (Lipinski definition) is 5. The van der Waals surface area contributed by atoms with E-state index in [4.69, 9.17) is 17.3 Å². The molecule has 11 nitrogen and oxygen atoms in total. The SMILES string of the molecule is Cc1csc2c(C3CN(C)CCN3C(=O)O)cc3c(c12)[C@@H](CCl)CN3C(=O)c1cc2cc(NC(=O)c3cc4cc(N)ccc4[nH]3)ccc2[nH]1.Cl. The van der Waals surface area contributed by atoms with Gasteiger partial charge in [0, 0.05) is 86.9 Å². The molecule has 2 atom stereocenters. The third-order valence-electron chi connectivity index (χ3n) is 9.79. The van der Waals surface area contributed by atoms with E-state index < -0.39 is 6.09 Å². The summed E-state index contributed by atoms with van der Waals surface area (Å²) in [5.74, 6) is -0.240. The molecule has 0 bridgehead atoms. The van der Waals surface area contributed by atoms with Gasteiger partial charge in [-0.05, 0) is 90.6 Å². The number of thiophene rings is 1. The molecule has 3 aromatic heterocycles. The Labute approximate surface area is 302 Å². The first-order valence-electron chi connectivity index (χ1n) is 16.0. The number of carbonyl (C=O) groups excluding carboxylic acids is 2. The molecule has 6 aromatic rings. The van der Waals surface area contributed by atoms with Crippen LogP contribution >= 0.6 is 35.3 Å². The van der Waals surface area contributed by atoms with Crippen molar-refractivity contribution in [2.24, 2.45) is 0 Å². The number of aromatic nitrogens is 2. The molecule has 8 rings (SSSR count). The number of nitrogen functional groups attached to an aromatic ring is 1. The van der Waals surface area contributed by atoms with Crippen molar-refractivity contribution in [1.29, 1.82) is 0 Å². The lowest BCUT2D eigenvalue weighted by molar-refractivity contribution is 0.0780. The summed E-state index contributed by atoms with van der Waals surface area (Å²) in [6, 6.07) is 16.1. The van der Waals surface area contributed by atoms with E-state index in [0.29, 0.717) is 54.8 Å². The number of fused-ring (bicyclic) bond motifs is 5. The monoisotopic (exact) mass is 731 g/mol. The van der Waals surface area contributed by atoms with Crippen molar-refractivity contribution in [3.05, 3.63) is 88.1 Å². The molecule has 0 aliphatic carbocycles. The molecular weight excluding hydrogens is 697 g/mol. The van der Waals surface area contributed by atoms with Crippen LogP contribution in [0.2, 0.25) is 0 Å². The molecule has 1 saturated heterocycles. The van der Waals surface area contributed by atoms with Crippen molar-refractivity contribution in [2.45, 2.75) is 18.9 Å². The number of H-pyrrole nitrogens is 2. The second-order valence-electron chi connectivity index (χ2n) is 13.0. The second-order valence-corrected chi connectivity index (χ2v) is 14.2. The van der Waals surface area contributed by atoms with E-state index in [-0.39, 0.29) is 36.2 Å². The summed E-state index contributed by atoms with van der Waals surface area (Å²) in [6.45, 7) is 4.08. The van der Waals surface area contributed by atoms with E-state index in [2.05, 4.69) is 32.5 Å². The number of aromatic amines is 2. The lowest BCUT2D eigenvalue weighted by atomic mass is 9.92. The van der Waals surface area contributed by atoms with Crippen LogP contribution in [0.15, 0.2) is 60.0 Å². The van der Waals surface area contributed by atoms with Gasteiger partial charge in [-0.15, -0.1) is 35.3 Å². The summed E-state index contributed by atoms with van der Waals surface area (Å²) in [6.07, 6.45) is -0.952. The second kappa shape index (κ2) is 12.9. The minimum atomic E-state index is -0.952. The first-order chi connectivity index (χ1) is 23.6. The van der Waals surface area contributed by atoms with E-state index in [1.807, 2.05) is 37.4 Å². The number of piperazine rings is 1. The number of carboxylic acid groups (broad SMARTS) is 1. The lowest BCUT2D eigenvalue weighted by Crippen LogP contribution is -2.48. The maximum Gasteiger partial charge on any atom is 0.407 e. The molecule has 5 heterocycles. The van der Waals surface area contributed by atoms with Crippen LogP contribution in [0.5, 0.6) is 0 Å².